The van der Waals surface area contributed by atoms with Crippen LogP contribution in [0.4, 0.5) is 0 Å². The number of carbonyl (C=O) groups excluding carboxylic acids is 1. The Kier molecular flexibility index (Phi) is 13.1. The van der Waals surface area contributed by atoms with Gasteiger partial charge in [0.2, 0.25) is 0 Å². The molecular weight excluding hydrogens is 600 g/mol. The number of alkyl halides is 1. The molecule has 0 N–H and O–H groups in total. The van der Waals surface area contributed by atoms with Crippen LogP contribution < -0.4 is 0 Å². The van der Waals surface area contributed by atoms with Gasteiger partial charge in [-0.05, 0) is 88.4 Å². The van der Waals surface area contributed by atoms with E-state index in [9.17, 15) is 4.79 Å². The van der Waals surface area contributed by atoms with Crippen LogP contribution in [0, 0.1) is 23.7 Å². The molecule has 3 heterocycles. The zero-order valence-electron chi connectivity index (χ0n) is 26.0. The van der Waals surface area contributed by atoms with Gasteiger partial charge in [0.25, 0.3) is 0 Å². The van der Waals surface area contributed by atoms with Gasteiger partial charge >= 0.3 is 5.97 Å². The molecule has 9 atom stereocenters. The maximum Gasteiger partial charge on any atom is 0.305 e. The summed E-state index contributed by atoms with van der Waals surface area (Å²) in [7, 11) is 1.45. The second kappa shape index (κ2) is 16.7. The summed E-state index contributed by atoms with van der Waals surface area (Å²) in [5, 5.41) is 0. The van der Waals surface area contributed by atoms with E-state index >= 15 is 0 Å². The normalized spacial score (nSPS) is 38.8. The number of hydrogen-bond acceptors (Lipinski definition) is 7. The van der Waals surface area contributed by atoms with Crippen molar-refractivity contribution in [1.29, 1.82) is 0 Å². The summed E-state index contributed by atoms with van der Waals surface area (Å²) in [6.45, 7) is 3.92. The largest absolute Gasteiger partial charge is 0.469 e. The molecule has 0 amide bonds. The van der Waals surface area contributed by atoms with Crippen LogP contribution in [-0.2, 0) is 33.2 Å². The van der Waals surface area contributed by atoms with Crippen molar-refractivity contribution in [2.24, 2.45) is 23.7 Å². The van der Waals surface area contributed by atoms with Crippen molar-refractivity contribution in [3.8, 4) is 0 Å². The number of esters is 1. The predicted octanol–water partition coefficient (Wildman–Crippen LogP) is 7.48. The zero-order chi connectivity index (χ0) is 29.3. The highest BCUT2D eigenvalue weighted by Gasteiger charge is 2.51. The third kappa shape index (κ3) is 9.03. The minimum atomic E-state index is -0.146. The molecule has 0 radical (unpaired) electrons. The first-order valence-corrected chi connectivity index (χ1v) is 18.0. The number of ether oxygens (including phenoxy) is 6. The van der Waals surface area contributed by atoms with Crippen LogP contribution in [0.25, 0.3) is 0 Å². The lowest BCUT2D eigenvalue weighted by atomic mass is 9.78. The first kappa shape index (κ1) is 32.9. The van der Waals surface area contributed by atoms with Crippen molar-refractivity contribution in [3.05, 3.63) is 12.2 Å². The van der Waals surface area contributed by atoms with Crippen LogP contribution >= 0.6 is 15.9 Å². The Balaban J connectivity index is 1.27. The quantitative estimate of drug-likeness (QED) is 0.116. The van der Waals surface area contributed by atoms with Gasteiger partial charge in [-0.15, -0.1) is 0 Å². The van der Waals surface area contributed by atoms with Crippen LogP contribution in [0.2, 0.25) is 0 Å². The first-order chi connectivity index (χ1) is 20.5. The van der Waals surface area contributed by atoms with E-state index in [0.29, 0.717) is 18.3 Å². The van der Waals surface area contributed by atoms with E-state index < -0.39 is 0 Å². The summed E-state index contributed by atoms with van der Waals surface area (Å²) in [4.78, 5) is 11.8. The van der Waals surface area contributed by atoms with E-state index in [2.05, 4.69) is 35.0 Å². The van der Waals surface area contributed by atoms with Crippen molar-refractivity contribution < 1.29 is 33.2 Å². The molecule has 5 rings (SSSR count). The fourth-order valence-electron chi connectivity index (χ4n) is 7.96. The lowest BCUT2D eigenvalue weighted by Crippen LogP contribution is -2.34. The Morgan fingerprint density at radius 2 is 1.71 bits per heavy atom. The minimum Gasteiger partial charge on any atom is -0.469 e. The maximum atomic E-state index is 11.6. The number of halogens is 1. The fraction of sp³-hybridized carbons (Fsp3) is 0.912. The van der Waals surface area contributed by atoms with Crippen molar-refractivity contribution in [2.45, 2.75) is 151 Å². The Labute approximate surface area is 262 Å². The topological polar surface area (TPSA) is 72.5 Å². The van der Waals surface area contributed by atoms with E-state index in [1.165, 1.54) is 45.6 Å². The number of rotatable bonds is 13. The molecule has 5 aliphatic rings. The van der Waals surface area contributed by atoms with Gasteiger partial charge in [-0.2, -0.15) is 0 Å². The molecule has 0 bridgehead atoms. The third-order valence-corrected chi connectivity index (χ3v) is 11.6. The summed E-state index contributed by atoms with van der Waals surface area (Å²) < 4.78 is 37.0. The molecule has 42 heavy (non-hydrogen) atoms. The average molecular weight is 656 g/mol. The van der Waals surface area contributed by atoms with Gasteiger partial charge in [-0.25, -0.2) is 0 Å². The molecule has 3 unspecified atom stereocenters. The first-order valence-electron chi connectivity index (χ1n) is 17.1. The highest BCUT2D eigenvalue weighted by molar-refractivity contribution is 9.09. The summed E-state index contributed by atoms with van der Waals surface area (Å²) in [5.74, 6) is 1.93. The molecule has 3 saturated heterocycles. The van der Waals surface area contributed by atoms with Crippen LogP contribution in [0.3, 0.4) is 0 Å². The molecule has 0 aromatic carbocycles. The molecule has 5 fully saturated rings. The number of methoxy groups -OCH3 is 1. The summed E-state index contributed by atoms with van der Waals surface area (Å²) in [6.07, 6.45) is 22.1. The Hall–Kier alpha value is -0.510. The zero-order valence-corrected chi connectivity index (χ0v) is 27.6. The number of hydrogen-bond donors (Lipinski definition) is 0. The van der Waals surface area contributed by atoms with Gasteiger partial charge in [0.15, 0.2) is 12.6 Å². The van der Waals surface area contributed by atoms with Gasteiger partial charge < -0.3 is 28.4 Å². The van der Waals surface area contributed by atoms with Gasteiger partial charge in [-0.3, -0.25) is 4.79 Å². The fourth-order valence-corrected chi connectivity index (χ4v) is 8.62. The third-order valence-electron chi connectivity index (χ3n) is 10.6. The number of carbonyl (C=O) groups is 1. The monoisotopic (exact) mass is 654 g/mol. The van der Waals surface area contributed by atoms with Crippen molar-refractivity contribution in [3.63, 3.8) is 0 Å². The molecule has 2 aliphatic carbocycles. The molecule has 0 aromatic rings. The van der Waals surface area contributed by atoms with E-state index in [1.54, 1.807) is 0 Å². The SMILES string of the molecule is CCC1CCC([C@@H](/C=C/[C@@H]2[C@H]3C[C@H](C(Br)CCCC(=O)OC)O[C@@H]3C[C@H]2OC2CCCCO2)OC2CCCCO2)CC1. The van der Waals surface area contributed by atoms with E-state index in [1.807, 2.05) is 0 Å². The maximum absolute atomic E-state index is 11.6. The standard InChI is InChI=1S/C34H55BrO7/c1-3-23-13-15-24(16-14-23)28(41-33-11-4-6-19-38-33)18-17-25-26-21-31(27(35)9-8-10-32(36)37-2)40-30(26)22-29(25)42-34-12-5-7-20-39-34/h17-18,23-31,33-34H,3-16,19-22H2,1-2H3/b18-17+/t23?,24?,25-,26-,27?,28-,29-,30-,31-,33?,34?/m1/s1. The average Bonchev–Trinajstić information content (AvgIpc) is 3.58. The number of fused-ring (bicyclic) bond motifs is 1. The van der Waals surface area contributed by atoms with Crippen molar-refractivity contribution >= 4 is 21.9 Å². The predicted molar refractivity (Wildman–Crippen MR) is 165 cm³/mol. The summed E-state index contributed by atoms with van der Waals surface area (Å²) in [5.41, 5.74) is 0. The van der Waals surface area contributed by atoms with E-state index in [4.69, 9.17) is 28.4 Å². The molecular formula is C34H55BrO7. The smallest absolute Gasteiger partial charge is 0.305 e. The van der Waals surface area contributed by atoms with Crippen LogP contribution in [0.1, 0.15) is 110 Å². The lowest BCUT2D eigenvalue weighted by Gasteiger charge is -2.35. The Morgan fingerprint density at radius 3 is 2.38 bits per heavy atom. The molecule has 2 saturated carbocycles. The van der Waals surface area contributed by atoms with Gasteiger partial charge in [0.05, 0.1) is 31.5 Å². The highest BCUT2D eigenvalue weighted by Crippen LogP contribution is 2.48. The van der Waals surface area contributed by atoms with Crippen LogP contribution in [0.5, 0.6) is 0 Å². The van der Waals surface area contributed by atoms with Crippen LogP contribution in [0.15, 0.2) is 12.2 Å². The second-order valence-corrected chi connectivity index (χ2v) is 14.5. The molecule has 3 aliphatic heterocycles. The lowest BCUT2D eigenvalue weighted by molar-refractivity contribution is -0.195. The van der Waals surface area contributed by atoms with E-state index in [0.717, 1.165) is 76.9 Å². The summed E-state index contributed by atoms with van der Waals surface area (Å²) >= 11 is 3.90. The minimum absolute atomic E-state index is 0.0805. The van der Waals surface area contributed by atoms with Gasteiger partial charge in [0, 0.05) is 36.8 Å². The van der Waals surface area contributed by atoms with Crippen molar-refractivity contribution in [1.82, 2.24) is 0 Å². The molecule has 0 aromatic heterocycles. The van der Waals surface area contributed by atoms with E-state index in [-0.39, 0.29) is 53.7 Å². The Bertz CT molecular complexity index is 834. The van der Waals surface area contributed by atoms with Gasteiger partial charge in [0.1, 0.15) is 0 Å². The van der Waals surface area contributed by atoms with Gasteiger partial charge in [-0.1, -0.05) is 54.3 Å². The second-order valence-electron chi connectivity index (χ2n) is 13.4. The molecule has 240 valence electrons. The molecule has 7 nitrogen and oxygen atoms in total. The van der Waals surface area contributed by atoms with Crippen LogP contribution in [-0.4, -0.2) is 68.1 Å². The highest BCUT2D eigenvalue weighted by atomic mass is 79.9. The van der Waals surface area contributed by atoms with Crippen molar-refractivity contribution in [2.75, 3.05) is 20.3 Å². The molecule has 8 heteroatoms. The Morgan fingerprint density at radius 1 is 0.976 bits per heavy atom. The summed E-state index contributed by atoms with van der Waals surface area (Å²) in [6, 6.07) is 0. The molecule has 0 spiro atoms.